The molecule has 3 aromatic rings. The summed E-state index contributed by atoms with van der Waals surface area (Å²) >= 11 is 0. The second-order valence-electron chi connectivity index (χ2n) is 10.9. The average molecular weight is 545 g/mol. The molecule has 0 aliphatic carbocycles. The van der Waals surface area contributed by atoms with E-state index in [1.807, 2.05) is 48.8 Å². The quantitative estimate of drug-likeness (QED) is 0.143. The van der Waals surface area contributed by atoms with Crippen molar-refractivity contribution in [2.45, 2.75) is 117 Å². The van der Waals surface area contributed by atoms with Gasteiger partial charge >= 0.3 is 5.97 Å². The number of aromatic nitrogens is 2. The van der Waals surface area contributed by atoms with Gasteiger partial charge in [-0.05, 0) is 72.7 Å². The average Bonchev–Trinajstić information content (AvgIpc) is 2.98. The van der Waals surface area contributed by atoms with E-state index in [9.17, 15) is 9.90 Å². The smallest absolute Gasteiger partial charge is 0.335 e. The van der Waals surface area contributed by atoms with Crippen LogP contribution in [0.3, 0.4) is 0 Å². The number of hydrogen-bond donors (Lipinski definition) is 1. The molecule has 3 rings (SSSR count). The number of aromatic carboxylic acids is 1. The fourth-order valence-corrected chi connectivity index (χ4v) is 5.03. The lowest BCUT2D eigenvalue weighted by Gasteiger charge is -2.11. The van der Waals surface area contributed by atoms with Gasteiger partial charge in [-0.2, -0.15) is 0 Å². The first kappa shape index (κ1) is 31.3. The van der Waals surface area contributed by atoms with Crippen molar-refractivity contribution in [1.29, 1.82) is 0 Å². The highest BCUT2D eigenvalue weighted by Gasteiger charge is 2.11. The Morgan fingerprint density at radius 1 is 0.700 bits per heavy atom. The fraction of sp³-hybridized carbons (Fsp3) is 0.514. The number of hydrogen-bond acceptors (Lipinski definition) is 4. The third kappa shape index (κ3) is 11.1. The summed E-state index contributed by atoms with van der Waals surface area (Å²) in [6.07, 6.45) is 22.0. The minimum absolute atomic E-state index is 0.395. The van der Waals surface area contributed by atoms with E-state index in [0.29, 0.717) is 12.2 Å². The third-order valence-corrected chi connectivity index (χ3v) is 7.49. The molecule has 5 nitrogen and oxygen atoms in total. The zero-order chi connectivity index (χ0) is 28.4. The van der Waals surface area contributed by atoms with Gasteiger partial charge in [0, 0.05) is 18.0 Å². The van der Waals surface area contributed by atoms with Crippen LogP contribution < -0.4 is 4.74 Å². The number of carbonyl (C=O) groups is 1. The summed E-state index contributed by atoms with van der Waals surface area (Å²) in [6.45, 7) is 4.86. The molecule has 0 aliphatic heterocycles. The molecule has 0 fully saturated rings. The maximum Gasteiger partial charge on any atom is 0.335 e. The van der Waals surface area contributed by atoms with Crippen molar-refractivity contribution < 1.29 is 14.6 Å². The minimum atomic E-state index is -0.864. The first-order valence-electron chi connectivity index (χ1n) is 15.5. The van der Waals surface area contributed by atoms with Crippen molar-refractivity contribution in [1.82, 2.24) is 9.97 Å². The highest BCUT2D eigenvalue weighted by molar-refractivity contribution is 5.89. The van der Waals surface area contributed by atoms with E-state index in [0.717, 1.165) is 53.9 Å². The number of aryl methyl sites for hydroxylation is 2. The maximum atomic E-state index is 11.7. The molecular weight excluding hydrogens is 496 g/mol. The summed E-state index contributed by atoms with van der Waals surface area (Å²) in [5, 5.41) is 9.61. The number of unbranched alkanes of at least 4 members (excludes halogenated alkanes) is 11. The van der Waals surface area contributed by atoms with Crippen molar-refractivity contribution in [2.24, 2.45) is 0 Å². The standard InChI is InChI=1S/C35H48N2O3/c1-3-5-7-9-11-12-14-16-29-25-36-34(37-26-29)30-19-21-32(22-20-30)40-27-28-18-23-33(35(38)39)31(24-28)17-15-13-10-8-6-4-2/h18-26H,3-17,27H2,1-2H3,(H,38,39). The Labute approximate surface area is 241 Å². The molecule has 0 atom stereocenters. The second-order valence-corrected chi connectivity index (χ2v) is 10.9. The van der Waals surface area contributed by atoms with E-state index in [2.05, 4.69) is 23.8 Å². The zero-order valence-corrected chi connectivity index (χ0v) is 24.7. The molecule has 0 amide bonds. The van der Waals surface area contributed by atoms with Crippen LogP contribution in [-0.4, -0.2) is 21.0 Å². The minimum Gasteiger partial charge on any atom is -0.489 e. The normalized spacial score (nSPS) is 11.1. The number of nitrogens with zero attached hydrogens (tertiary/aromatic N) is 2. The van der Waals surface area contributed by atoms with E-state index in [1.165, 1.54) is 76.2 Å². The van der Waals surface area contributed by atoms with Gasteiger partial charge in [0.2, 0.25) is 0 Å². The van der Waals surface area contributed by atoms with Gasteiger partial charge in [-0.1, -0.05) is 96.6 Å². The van der Waals surface area contributed by atoms with Crippen LogP contribution in [-0.2, 0) is 19.4 Å². The van der Waals surface area contributed by atoms with E-state index >= 15 is 0 Å². The molecule has 0 radical (unpaired) electrons. The number of rotatable bonds is 20. The van der Waals surface area contributed by atoms with Crippen molar-refractivity contribution >= 4 is 5.97 Å². The van der Waals surface area contributed by atoms with Crippen LogP contribution in [0.2, 0.25) is 0 Å². The number of carboxylic acid groups (broad SMARTS) is 1. The summed E-state index contributed by atoms with van der Waals surface area (Å²) in [7, 11) is 0. The molecule has 5 heteroatoms. The molecule has 1 N–H and O–H groups in total. The van der Waals surface area contributed by atoms with Gasteiger partial charge in [0.1, 0.15) is 12.4 Å². The summed E-state index contributed by atoms with van der Waals surface area (Å²) in [6, 6.07) is 13.4. The van der Waals surface area contributed by atoms with Gasteiger partial charge in [0.05, 0.1) is 5.56 Å². The van der Waals surface area contributed by atoms with Crippen molar-refractivity contribution in [3.63, 3.8) is 0 Å². The largest absolute Gasteiger partial charge is 0.489 e. The number of carboxylic acids is 1. The van der Waals surface area contributed by atoms with Gasteiger partial charge < -0.3 is 9.84 Å². The van der Waals surface area contributed by atoms with Crippen molar-refractivity contribution in [2.75, 3.05) is 0 Å². The van der Waals surface area contributed by atoms with E-state index in [1.54, 1.807) is 6.07 Å². The van der Waals surface area contributed by atoms with Gasteiger partial charge in [0.15, 0.2) is 5.82 Å². The molecule has 2 aromatic carbocycles. The molecule has 40 heavy (non-hydrogen) atoms. The first-order chi connectivity index (χ1) is 19.6. The van der Waals surface area contributed by atoms with Crippen LogP contribution in [0, 0.1) is 0 Å². The van der Waals surface area contributed by atoms with Gasteiger partial charge in [-0.25, -0.2) is 14.8 Å². The van der Waals surface area contributed by atoms with Crippen LogP contribution in [0.25, 0.3) is 11.4 Å². The molecule has 0 unspecified atom stereocenters. The van der Waals surface area contributed by atoms with E-state index in [4.69, 9.17) is 4.74 Å². The Morgan fingerprint density at radius 2 is 1.27 bits per heavy atom. The Bertz CT molecular complexity index is 1130. The molecule has 216 valence electrons. The van der Waals surface area contributed by atoms with Crippen LogP contribution >= 0.6 is 0 Å². The molecule has 1 aromatic heterocycles. The van der Waals surface area contributed by atoms with Crippen LogP contribution in [0.1, 0.15) is 124 Å². The molecule has 0 saturated heterocycles. The Morgan fingerprint density at radius 3 is 1.88 bits per heavy atom. The van der Waals surface area contributed by atoms with E-state index in [-0.39, 0.29) is 0 Å². The zero-order valence-electron chi connectivity index (χ0n) is 24.7. The number of ether oxygens (including phenoxy) is 1. The van der Waals surface area contributed by atoms with Crippen molar-refractivity contribution in [3.05, 3.63) is 77.1 Å². The first-order valence-corrected chi connectivity index (χ1v) is 15.5. The molecule has 0 aliphatic rings. The van der Waals surface area contributed by atoms with Gasteiger partial charge in [0.25, 0.3) is 0 Å². The molecular formula is C35H48N2O3. The van der Waals surface area contributed by atoms with Gasteiger partial charge in [-0.3, -0.25) is 0 Å². The molecule has 0 spiro atoms. The molecule has 0 bridgehead atoms. The van der Waals surface area contributed by atoms with Gasteiger partial charge in [-0.15, -0.1) is 0 Å². The topological polar surface area (TPSA) is 72.3 Å². The highest BCUT2D eigenvalue weighted by atomic mass is 16.5. The lowest BCUT2D eigenvalue weighted by molar-refractivity contribution is 0.0695. The molecule has 0 saturated carbocycles. The van der Waals surface area contributed by atoms with E-state index < -0.39 is 5.97 Å². The summed E-state index contributed by atoms with van der Waals surface area (Å²) in [4.78, 5) is 20.9. The maximum absolute atomic E-state index is 11.7. The Hall–Kier alpha value is -3.21. The summed E-state index contributed by atoms with van der Waals surface area (Å²) < 4.78 is 6.02. The lowest BCUT2D eigenvalue weighted by atomic mass is 9.98. The molecule has 1 heterocycles. The number of benzene rings is 2. The third-order valence-electron chi connectivity index (χ3n) is 7.49. The lowest BCUT2D eigenvalue weighted by Crippen LogP contribution is -2.05. The Kier molecular flexibility index (Phi) is 14.2. The Balaban J connectivity index is 1.47. The highest BCUT2D eigenvalue weighted by Crippen LogP contribution is 2.22. The SMILES string of the molecule is CCCCCCCCCc1cnc(-c2ccc(OCc3ccc(C(=O)O)c(CCCCCCCC)c3)cc2)nc1. The van der Waals surface area contributed by atoms with Crippen molar-refractivity contribution in [3.8, 4) is 17.1 Å². The predicted octanol–water partition coefficient (Wildman–Crippen LogP) is 9.62. The fourth-order valence-electron chi connectivity index (χ4n) is 5.03. The van der Waals surface area contributed by atoms with Crippen LogP contribution in [0.15, 0.2) is 54.9 Å². The van der Waals surface area contributed by atoms with Crippen LogP contribution in [0.4, 0.5) is 0 Å². The second kappa shape index (κ2) is 18.2. The predicted molar refractivity (Wildman–Crippen MR) is 164 cm³/mol. The monoisotopic (exact) mass is 544 g/mol. The summed E-state index contributed by atoms with van der Waals surface area (Å²) in [5.41, 5.74) is 4.43. The van der Waals surface area contributed by atoms with Crippen LogP contribution in [0.5, 0.6) is 5.75 Å². The summed E-state index contributed by atoms with van der Waals surface area (Å²) in [5.74, 6) is 0.620.